The molecule has 0 unspecified atom stereocenters. The first-order chi connectivity index (χ1) is 11.8. The fourth-order valence-corrected chi connectivity index (χ4v) is 2.88. The zero-order valence-corrected chi connectivity index (χ0v) is 14.4. The fourth-order valence-electron chi connectivity index (χ4n) is 2.56. The van der Waals surface area contributed by atoms with Crippen molar-refractivity contribution in [3.05, 3.63) is 62.5 Å². The summed E-state index contributed by atoms with van der Waals surface area (Å²) in [7, 11) is 0. The number of rotatable bonds is 5. The number of aromatic nitrogens is 1. The summed E-state index contributed by atoms with van der Waals surface area (Å²) in [6, 6.07) is 7.91. The van der Waals surface area contributed by atoms with Gasteiger partial charge in [0.1, 0.15) is 0 Å². The molecule has 1 aliphatic rings. The molecular weight excluding hydrogens is 367 g/mol. The summed E-state index contributed by atoms with van der Waals surface area (Å²) in [6.07, 6.45) is 1.85. The normalized spacial score (nSPS) is 18.6. The molecule has 1 aliphatic carbocycles. The fraction of sp³-hybridized carbons (Fsp3) is 0.235. The molecule has 25 heavy (non-hydrogen) atoms. The van der Waals surface area contributed by atoms with Crippen LogP contribution < -0.4 is 10.9 Å². The summed E-state index contributed by atoms with van der Waals surface area (Å²) in [6.45, 7) is 0.264. The monoisotopic (exact) mass is 380 g/mol. The van der Waals surface area contributed by atoms with Crippen LogP contribution in [0.3, 0.4) is 0 Å². The van der Waals surface area contributed by atoms with Crippen LogP contribution in [0.15, 0.2) is 41.3 Å². The molecule has 8 heteroatoms. The molecule has 2 aromatic rings. The lowest BCUT2D eigenvalue weighted by Crippen LogP contribution is -2.22. The number of carboxylic acid groups (broad SMARTS) is 1. The number of pyridine rings is 1. The summed E-state index contributed by atoms with van der Waals surface area (Å²) in [4.78, 5) is 34.9. The SMILES string of the molecule is O=C(O)[C@@H]1C[C@H]1C(=O)Nc1ccc(=O)n(Cc2ccc(Cl)c(Cl)c2)c1. The summed E-state index contributed by atoms with van der Waals surface area (Å²) >= 11 is 11.9. The lowest BCUT2D eigenvalue weighted by atomic mass is 10.2. The number of aliphatic carboxylic acids is 1. The van der Waals surface area contributed by atoms with Crippen molar-refractivity contribution in [3.8, 4) is 0 Å². The van der Waals surface area contributed by atoms with E-state index in [0.717, 1.165) is 5.56 Å². The molecule has 2 N–H and O–H groups in total. The molecule has 1 aromatic heterocycles. The molecule has 0 radical (unpaired) electrons. The molecule has 3 rings (SSSR count). The molecule has 1 saturated carbocycles. The highest BCUT2D eigenvalue weighted by atomic mass is 35.5. The van der Waals surface area contributed by atoms with Crippen LogP contribution in [-0.2, 0) is 16.1 Å². The third-order valence-electron chi connectivity index (χ3n) is 4.03. The average molecular weight is 381 g/mol. The number of hydrogen-bond donors (Lipinski definition) is 2. The Hall–Kier alpha value is -2.31. The summed E-state index contributed by atoms with van der Waals surface area (Å²) in [5.41, 5.74) is 0.979. The van der Waals surface area contributed by atoms with Crippen molar-refractivity contribution in [1.82, 2.24) is 4.57 Å². The smallest absolute Gasteiger partial charge is 0.307 e. The molecule has 1 amide bonds. The van der Waals surface area contributed by atoms with Crippen LogP contribution in [0.2, 0.25) is 10.0 Å². The van der Waals surface area contributed by atoms with E-state index in [0.29, 0.717) is 22.2 Å². The van der Waals surface area contributed by atoms with Gasteiger partial charge in [-0.2, -0.15) is 0 Å². The van der Waals surface area contributed by atoms with Gasteiger partial charge >= 0.3 is 5.97 Å². The molecule has 130 valence electrons. The van der Waals surface area contributed by atoms with Crippen molar-refractivity contribution < 1.29 is 14.7 Å². The third kappa shape index (κ3) is 4.03. The van der Waals surface area contributed by atoms with Crippen molar-refractivity contribution >= 4 is 40.8 Å². The van der Waals surface area contributed by atoms with Gasteiger partial charge in [0.25, 0.3) is 5.56 Å². The lowest BCUT2D eigenvalue weighted by molar-refractivity contribution is -0.139. The number of carbonyl (C=O) groups excluding carboxylic acids is 1. The first-order valence-electron chi connectivity index (χ1n) is 7.53. The molecule has 1 fully saturated rings. The topological polar surface area (TPSA) is 88.4 Å². The van der Waals surface area contributed by atoms with Gasteiger partial charge in [-0.3, -0.25) is 14.4 Å². The van der Waals surface area contributed by atoms with Gasteiger partial charge in [0.15, 0.2) is 0 Å². The Morgan fingerprint density at radius 1 is 1.16 bits per heavy atom. The Labute approximate surface area is 153 Å². The first kappa shape index (κ1) is 17.5. The number of nitrogens with zero attached hydrogens (tertiary/aromatic N) is 1. The van der Waals surface area contributed by atoms with Gasteiger partial charge in [0.2, 0.25) is 5.91 Å². The second-order valence-electron chi connectivity index (χ2n) is 5.91. The second kappa shape index (κ2) is 6.90. The number of amides is 1. The van der Waals surface area contributed by atoms with Crippen molar-refractivity contribution in [2.24, 2.45) is 11.8 Å². The quantitative estimate of drug-likeness (QED) is 0.834. The predicted molar refractivity (Wildman–Crippen MR) is 94.1 cm³/mol. The molecule has 2 atom stereocenters. The zero-order valence-electron chi connectivity index (χ0n) is 12.9. The van der Waals surface area contributed by atoms with Gasteiger partial charge in [-0.05, 0) is 30.2 Å². The first-order valence-corrected chi connectivity index (χ1v) is 8.29. The highest BCUT2D eigenvalue weighted by molar-refractivity contribution is 6.42. The van der Waals surface area contributed by atoms with Crippen LogP contribution in [0.5, 0.6) is 0 Å². The number of hydrogen-bond acceptors (Lipinski definition) is 3. The van der Waals surface area contributed by atoms with E-state index in [1.807, 2.05) is 0 Å². The van der Waals surface area contributed by atoms with Gasteiger partial charge in [-0.25, -0.2) is 0 Å². The minimum absolute atomic E-state index is 0.237. The Balaban J connectivity index is 1.74. The largest absolute Gasteiger partial charge is 0.481 e. The minimum atomic E-state index is -0.968. The minimum Gasteiger partial charge on any atom is -0.481 e. The third-order valence-corrected chi connectivity index (χ3v) is 4.77. The molecule has 6 nitrogen and oxygen atoms in total. The van der Waals surface area contributed by atoms with E-state index in [1.165, 1.54) is 22.9 Å². The van der Waals surface area contributed by atoms with E-state index in [1.54, 1.807) is 18.2 Å². The van der Waals surface area contributed by atoms with Crippen molar-refractivity contribution in [2.75, 3.05) is 5.32 Å². The molecular formula is C17H14Cl2N2O4. The second-order valence-corrected chi connectivity index (χ2v) is 6.72. The zero-order chi connectivity index (χ0) is 18.1. The number of carboxylic acids is 1. The maximum absolute atomic E-state index is 12.0. The number of nitrogens with one attached hydrogen (secondary N) is 1. The van der Waals surface area contributed by atoms with E-state index in [2.05, 4.69) is 5.32 Å². The van der Waals surface area contributed by atoms with Gasteiger partial charge < -0.3 is 15.0 Å². The molecule has 0 aliphatic heterocycles. The predicted octanol–water partition coefficient (Wildman–Crippen LogP) is 2.86. The van der Waals surface area contributed by atoms with E-state index in [9.17, 15) is 14.4 Å². The van der Waals surface area contributed by atoms with Gasteiger partial charge in [0, 0.05) is 12.3 Å². The van der Waals surface area contributed by atoms with Crippen LogP contribution in [-0.4, -0.2) is 21.6 Å². The van der Waals surface area contributed by atoms with E-state index >= 15 is 0 Å². The standard InChI is InChI=1S/C17H14Cl2N2O4/c18-13-3-1-9(5-14(13)19)7-21-8-10(2-4-15(21)22)20-16(23)11-6-12(11)17(24)25/h1-5,8,11-12H,6-7H2,(H,20,23)(H,24,25)/t11-,12-/m1/s1. The summed E-state index contributed by atoms with van der Waals surface area (Å²) in [5, 5.41) is 12.4. The lowest BCUT2D eigenvalue weighted by Gasteiger charge is -2.10. The van der Waals surface area contributed by atoms with Crippen LogP contribution in [0.25, 0.3) is 0 Å². The highest BCUT2D eigenvalue weighted by Crippen LogP contribution is 2.39. The van der Waals surface area contributed by atoms with Crippen LogP contribution in [0.1, 0.15) is 12.0 Å². The molecule has 1 heterocycles. The number of carbonyl (C=O) groups is 2. The Kier molecular flexibility index (Phi) is 4.83. The Morgan fingerprint density at radius 2 is 1.92 bits per heavy atom. The Bertz CT molecular complexity index is 910. The molecule has 0 bridgehead atoms. The van der Waals surface area contributed by atoms with Crippen molar-refractivity contribution in [3.63, 3.8) is 0 Å². The molecule has 1 aromatic carbocycles. The maximum atomic E-state index is 12.0. The van der Waals surface area contributed by atoms with Gasteiger partial charge in [0.05, 0.1) is 34.1 Å². The number of halogens is 2. The van der Waals surface area contributed by atoms with Crippen molar-refractivity contribution in [1.29, 1.82) is 0 Å². The Morgan fingerprint density at radius 3 is 2.56 bits per heavy atom. The van der Waals surface area contributed by atoms with Crippen LogP contribution in [0, 0.1) is 11.8 Å². The highest BCUT2D eigenvalue weighted by Gasteiger charge is 2.48. The van der Waals surface area contributed by atoms with Gasteiger partial charge in [-0.15, -0.1) is 0 Å². The van der Waals surface area contributed by atoms with E-state index < -0.39 is 17.8 Å². The summed E-state index contributed by atoms with van der Waals surface area (Å²) in [5.74, 6) is -2.47. The van der Waals surface area contributed by atoms with Crippen LogP contribution in [0.4, 0.5) is 5.69 Å². The summed E-state index contributed by atoms with van der Waals surface area (Å²) < 4.78 is 1.43. The maximum Gasteiger partial charge on any atom is 0.307 e. The van der Waals surface area contributed by atoms with Crippen LogP contribution >= 0.6 is 23.2 Å². The molecule has 0 saturated heterocycles. The van der Waals surface area contributed by atoms with Crippen molar-refractivity contribution in [2.45, 2.75) is 13.0 Å². The van der Waals surface area contributed by atoms with Gasteiger partial charge in [-0.1, -0.05) is 29.3 Å². The molecule has 0 spiro atoms. The number of anilines is 1. The number of benzene rings is 1. The average Bonchev–Trinajstić information content (AvgIpc) is 3.35. The van der Waals surface area contributed by atoms with E-state index in [-0.39, 0.29) is 18.0 Å². The van der Waals surface area contributed by atoms with E-state index in [4.69, 9.17) is 28.3 Å².